The van der Waals surface area contributed by atoms with Crippen LogP contribution in [0.2, 0.25) is 24.7 Å². The molecule has 0 aliphatic rings. The molecule has 25 heavy (non-hydrogen) atoms. The molecule has 0 bridgehead atoms. The van der Waals surface area contributed by atoms with Crippen molar-refractivity contribution in [1.29, 1.82) is 0 Å². The highest BCUT2D eigenvalue weighted by molar-refractivity contribution is 6.88. The molecule has 2 aromatic heterocycles. The molecule has 0 amide bonds. The van der Waals surface area contributed by atoms with Gasteiger partial charge in [0, 0.05) is 22.3 Å². The van der Waals surface area contributed by atoms with Crippen LogP contribution < -0.4 is 10.1 Å². The summed E-state index contributed by atoms with van der Waals surface area (Å²) >= 11 is 6.24. The van der Waals surface area contributed by atoms with Gasteiger partial charge in [0.1, 0.15) is 14.4 Å². The number of hydrogen-bond acceptors (Lipinski definition) is 5. The van der Waals surface area contributed by atoms with E-state index >= 15 is 0 Å². The summed E-state index contributed by atoms with van der Waals surface area (Å²) in [5, 5.41) is 10.4. The van der Waals surface area contributed by atoms with Crippen molar-refractivity contribution in [2.24, 2.45) is 0 Å². The summed E-state index contributed by atoms with van der Waals surface area (Å²) in [6.45, 7) is 8.64. The molecule has 0 aliphatic carbocycles. The van der Waals surface area contributed by atoms with Gasteiger partial charge in [-0.05, 0) is 25.1 Å². The van der Waals surface area contributed by atoms with Crippen molar-refractivity contribution in [2.75, 3.05) is 7.11 Å². The second-order valence-corrected chi connectivity index (χ2v) is 12.3. The van der Waals surface area contributed by atoms with Crippen molar-refractivity contribution in [1.82, 2.24) is 25.0 Å². The van der Waals surface area contributed by atoms with Crippen LogP contribution >= 0.6 is 11.6 Å². The summed E-state index contributed by atoms with van der Waals surface area (Å²) < 4.78 is 7.10. The topological polar surface area (TPSA) is 65.7 Å². The number of methoxy groups -OCH3 is 1. The van der Waals surface area contributed by atoms with E-state index in [0.717, 1.165) is 27.8 Å². The summed E-state index contributed by atoms with van der Waals surface area (Å²) in [7, 11) is 0.0482. The van der Waals surface area contributed by atoms with Gasteiger partial charge in [-0.3, -0.25) is 0 Å². The van der Waals surface area contributed by atoms with Gasteiger partial charge in [0.15, 0.2) is 0 Å². The Morgan fingerprint density at radius 3 is 2.56 bits per heavy atom. The molecule has 3 aromatic rings. The molecule has 6 nitrogen and oxygen atoms in total. The summed E-state index contributed by atoms with van der Waals surface area (Å²) in [5.41, 5.74) is 3.33. The Balaban J connectivity index is 2.19. The first-order chi connectivity index (χ1) is 11.8. The summed E-state index contributed by atoms with van der Waals surface area (Å²) in [6.07, 6.45) is 3.48. The zero-order valence-corrected chi connectivity index (χ0v) is 16.7. The fourth-order valence-electron chi connectivity index (χ4n) is 2.53. The standard InChI is InChI=1S/C17H20ClN5OSi/c1-11-16(19-10-20-17(11)24-2)13-8-12(18)6-7-14(13)23-9-15(21-22-23)25(3,4)5/h6-10H,1-5H3. The van der Waals surface area contributed by atoms with Crippen molar-refractivity contribution < 1.29 is 4.74 Å². The van der Waals surface area contributed by atoms with Crippen LogP contribution in [0.3, 0.4) is 0 Å². The molecule has 3 rings (SSSR count). The zero-order valence-electron chi connectivity index (χ0n) is 14.9. The number of benzene rings is 1. The molecule has 0 unspecified atom stereocenters. The van der Waals surface area contributed by atoms with Gasteiger partial charge in [0.2, 0.25) is 5.88 Å². The summed E-state index contributed by atoms with van der Waals surface area (Å²) in [5.74, 6) is 0.539. The predicted octanol–water partition coefficient (Wildman–Crippen LogP) is 3.24. The lowest BCUT2D eigenvalue weighted by Gasteiger charge is -2.13. The number of aromatic nitrogens is 5. The molecule has 0 radical (unpaired) electrons. The van der Waals surface area contributed by atoms with Gasteiger partial charge in [-0.25, -0.2) is 14.6 Å². The van der Waals surface area contributed by atoms with Gasteiger partial charge in [-0.15, -0.1) is 5.10 Å². The van der Waals surface area contributed by atoms with Gasteiger partial charge in [-0.2, -0.15) is 0 Å². The van der Waals surface area contributed by atoms with Crippen LogP contribution in [-0.2, 0) is 0 Å². The third-order valence-corrected chi connectivity index (χ3v) is 5.95. The maximum Gasteiger partial charge on any atom is 0.219 e. The minimum absolute atomic E-state index is 0.539. The van der Waals surface area contributed by atoms with E-state index in [9.17, 15) is 0 Å². The van der Waals surface area contributed by atoms with Crippen LogP contribution in [0.5, 0.6) is 5.88 Å². The van der Waals surface area contributed by atoms with Crippen LogP contribution in [0.4, 0.5) is 0 Å². The highest BCUT2D eigenvalue weighted by Gasteiger charge is 2.22. The molecule has 2 heterocycles. The lowest BCUT2D eigenvalue weighted by molar-refractivity contribution is 0.393. The predicted molar refractivity (Wildman–Crippen MR) is 102 cm³/mol. The van der Waals surface area contributed by atoms with Crippen LogP contribution in [0.1, 0.15) is 5.56 Å². The molecule has 0 fully saturated rings. The number of nitrogens with zero attached hydrogens (tertiary/aromatic N) is 5. The van der Waals surface area contributed by atoms with E-state index < -0.39 is 8.07 Å². The van der Waals surface area contributed by atoms with E-state index in [0.29, 0.717) is 10.9 Å². The first-order valence-corrected chi connectivity index (χ1v) is 11.8. The summed E-state index contributed by atoms with van der Waals surface area (Å²) in [4.78, 5) is 8.59. The van der Waals surface area contributed by atoms with E-state index in [4.69, 9.17) is 16.3 Å². The van der Waals surface area contributed by atoms with Gasteiger partial charge >= 0.3 is 0 Å². The molecule has 0 saturated carbocycles. The van der Waals surface area contributed by atoms with Crippen LogP contribution in [0.25, 0.3) is 16.9 Å². The van der Waals surface area contributed by atoms with E-state index in [1.54, 1.807) is 11.8 Å². The van der Waals surface area contributed by atoms with Crippen molar-refractivity contribution >= 4 is 25.0 Å². The van der Waals surface area contributed by atoms with Gasteiger partial charge in [0.25, 0.3) is 0 Å². The van der Waals surface area contributed by atoms with Crippen LogP contribution in [0.15, 0.2) is 30.7 Å². The normalized spacial score (nSPS) is 11.6. The molecule has 0 atom stereocenters. The molecule has 1 aromatic carbocycles. The highest BCUT2D eigenvalue weighted by Crippen LogP contribution is 2.32. The Hall–Kier alpha value is -2.25. The molecular formula is C17H20ClN5OSi. The van der Waals surface area contributed by atoms with Gasteiger partial charge < -0.3 is 4.74 Å². The Morgan fingerprint density at radius 2 is 1.92 bits per heavy atom. The Labute approximate surface area is 152 Å². The molecule has 0 aliphatic heterocycles. The quantitative estimate of drug-likeness (QED) is 0.657. The molecule has 0 spiro atoms. The summed E-state index contributed by atoms with van der Waals surface area (Å²) in [6, 6.07) is 5.64. The first kappa shape index (κ1) is 17.6. The first-order valence-electron chi connectivity index (χ1n) is 7.90. The number of hydrogen-bond donors (Lipinski definition) is 0. The van der Waals surface area contributed by atoms with E-state index in [1.165, 1.54) is 6.33 Å². The average Bonchev–Trinajstić information content (AvgIpc) is 3.05. The Bertz CT molecular complexity index is 920. The molecular weight excluding hydrogens is 354 g/mol. The second kappa shape index (κ2) is 6.57. The molecule has 0 N–H and O–H groups in total. The van der Waals surface area contributed by atoms with Crippen molar-refractivity contribution in [3.8, 4) is 22.8 Å². The van der Waals surface area contributed by atoms with Crippen LogP contribution in [0, 0.1) is 6.92 Å². The fourth-order valence-corrected chi connectivity index (χ4v) is 3.56. The van der Waals surface area contributed by atoms with Crippen molar-refractivity contribution in [3.63, 3.8) is 0 Å². The monoisotopic (exact) mass is 373 g/mol. The fraction of sp³-hybridized carbons (Fsp3) is 0.294. The maximum absolute atomic E-state index is 6.24. The third-order valence-electron chi connectivity index (χ3n) is 3.95. The third kappa shape index (κ3) is 3.43. The largest absolute Gasteiger partial charge is 0.481 e. The van der Waals surface area contributed by atoms with E-state index in [2.05, 4.69) is 39.9 Å². The molecule has 130 valence electrons. The van der Waals surface area contributed by atoms with Crippen molar-refractivity contribution in [2.45, 2.75) is 26.6 Å². The highest BCUT2D eigenvalue weighted by atomic mass is 35.5. The molecule has 0 saturated heterocycles. The number of rotatable bonds is 4. The number of halogens is 1. The average molecular weight is 374 g/mol. The Morgan fingerprint density at radius 1 is 1.16 bits per heavy atom. The van der Waals surface area contributed by atoms with Crippen LogP contribution in [-0.4, -0.2) is 40.1 Å². The van der Waals surface area contributed by atoms with E-state index in [1.807, 2.05) is 31.3 Å². The number of ether oxygens (including phenoxy) is 1. The SMILES string of the molecule is COc1ncnc(-c2cc(Cl)ccc2-n2cc([Si](C)(C)C)nn2)c1C. The maximum atomic E-state index is 6.24. The van der Waals surface area contributed by atoms with Gasteiger partial charge in [-0.1, -0.05) is 36.5 Å². The second-order valence-electron chi connectivity index (χ2n) is 6.82. The smallest absolute Gasteiger partial charge is 0.219 e. The Kier molecular flexibility index (Phi) is 4.62. The van der Waals surface area contributed by atoms with E-state index in [-0.39, 0.29) is 0 Å². The zero-order chi connectivity index (χ0) is 18.2. The minimum Gasteiger partial charge on any atom is -0.481 e. The lowest BCUT2D eigenvalue weighted by Crippen LogP contribution is -2.38. The van der Waals surface area contributed by atoms with Crippen molar-refractivity contribution in [3.05, 3.63) is 41.3 Å². The minimum atomic E-state index is -1.54. The molecule has 8 heteroatoms. The van der Waals surface area contributed by atoms with Gasteiger partial charge in [0.05, 0.1) is 23.8 Å². The lowest BCUT2D eigenvalue weighted by atomic mass is 10.1.